The summed E-state index contributed by atoms with van der Waals surface area (Å²) in [5.41, 5.74) is 1.76. The Morgan fingerprint density at radius 3 is 2.41 bits per heavy atom. The quantitative estimate of drug-likeness (QED) is 0.429. The van der Waals surface area contributed by atoms with E-state index in [-0.39, 0.29) is 22.3 Å². The molecule has 0 heterocycles. The standard InChI is InChI=1S/C26H29ClN2O3/c1-5-17-10-12-18(13-11-17)28-23(31)26-15-14-25(4,24(26,2)3)21(16-26)29-32-22(30)19-8-6-7-9-20(19)27/h6-13H,5,14-16H2,1-4H3,(H,28,31). The molecule has 1 N–H and O–H groups in total. The van der Waals surface area contributed by atoms with Gasteiger partial charge in [-0.3, -0.25) is 4.79 Å². The lowest BCUT2D eigenvalue weighted by molar-refractivity contribution is -0.130. The van der Waals surface area contributed by atoms with Crippen LogP contribution in [0.3, 0.4) is 0 Å². The maximum Gasteiger partial charge on any atom is 0.367 e. The van der Waals surface area contributed by atoms with Crippen molar-refractivity contribution in [3.63, 3.8) is 0 Å². The van der Waals surface area contributed by atoms with E-state index in [1.165, 1.54) is 5.56 Å². The summed E-state index contributed by atoms with van der Waals surface area (Å²) in [6, 6.07) is 14.7. The molecule has 2 aliphatic rings. The summed E-state index contributed by atoms with van der Waals surface area (Å²) in [6.45, 7) is 8.47. The largest absolute Gasteiger partial charge is 0.367 e. The van der Waals surface area contributed by atoms with Crippen molar-refractivity contribution in [2.75, 3.05) is 5.32 Å². The zero-order valence-electron chi connectivity index (χ0n) is 19.0. The highest BCUT2D eigenvalue weighted by Crippen LogP contribution is 2.71. The summed E-state index contributed by atoms with van der Waals surface area (Å²) < 4.78 is 0. The molecule has 0 radical (unpaired) electrons. The van der Waals surface area contributed by atoms with Crippen molar-refractivity contribution in [1.29, 1.82) is 0 Å². The van der Waals surface area contributed by atoms with Gasteiger partial charge in [0.15, 0.2) is 0 Å². The molecule has 0 spiro atoms. The summed E-state index contributed by atoms with van der Waals surface area (Å²) >= 11 is 6.11. The van der Waals surface area contributed by atoms with Gasteiger partial charge in [0.05, 0.1) is 21.7 Å². The Morgan fingerprint density at radius 1 is 1.06 bits per heavy atom. The van der Waals surface area contributed by atoms with Crippen LogP contribution in [0.2, 0.25) is 5.02 Å². The fraction of sp³-hybridized carbons (Fsp3) is 0.423. The lowest BCUT2D eigenvalue weighted by Crippen LogP contribution is -2.43. The predicted octanol–water partition coefficient (Wildman–Crippen LogP) is 6.27. The van der Waals surface area contributed by atoms with Crippen LogP contribution in [-0.4, -0.2) is 17.6 Å². The predicted molar refractivity (Wildman–Crippen MR) is 127 cm³/mol. The number of nitrogens with zero attached hydrogens (tertiary/aromatic N) is 1. The van der Waals surface area contributed by atoms with Crippen molar-refractivity contribution in [2.24, 2.45) is 21.4 Å². The van der Waals surface area contributed by atoms with E-state index in [2.05, 4.69) is 38.2 Å². The molecular formula is C26H29ClN2O3. The molecule has 0 aromatic heterocycles. The number of amides is 1. The molecule has 2 atom stereocenters. The van der Waals surface area contributed by atoms with Gasteiger partial charge in [0.25, 0.3) is 0 Å². The molecule has 2 saturated carbocycles. The number of hydrogen-bond acceptors (Lipinski definition) is 4. The molecule has 2 aliphatic carbocycles. The number of oxime groups is 1. The fourth-order valence-corrected chi connectivity index (χ4v) is 5.58. The van der Waals surface area contributed by atoms with Crippen LogP contribution in [0.5, 0.6) is 0 Å². The molecular weight excluding hydrogens is 424 g/mol. The van der Waals surface area contributed by atoms with Crippen LogP contribution in [-0.2, 0) is 16.1 Å². The van der Waals surface area contributed by atoms with Gasteiger partial charge in [0.2, 0.25) is 5.91 Å². The number of anilines is 1. The van der Waals surface area contributed by atoms with Gasteiger partial charge in [-0.05, 0) is 54.5 Å². The molecule has 6 heteroatoms. The number of halogens is 1. The first-order valence-electron chi connectivity index (χ1n) is 11.1. The van der Waals surface area contributed by atoms with Gasteiger partial charge in [0.1, 0.15) is 0 Å². The maximum absolute atomic E-state index is 13.6. The number of aryl methyl sites for hydroxylation is 1. The fourth-order valence-electron chi connectivity index (χ4n) is 5.37. The maximum atomic E-state index is 13.6. The smallest absolute Gasteiger partial charge is 0.326 e. The molecule has 2 bridgehead atoms. The third-order valence-corrected chi connectivity index (χ3v) is 8.45. The first-order chi connectivity index (χ1) is 15.1. The van der Waals surface area contributed by atoms with Crippen molar-refractivity contribution < 1.29 is 14.4 Å². The Hall–Kier alpha value is -2.66. The highest BCUT2D eigenvalue weighted by Gasteiger charge is 2.71. The Morgan fingerprint density at radius 2 is 1.75 bits per heavy atom. The van der Waals surface area contributed by atoms with Crippen LogP contribution < -0.4 is 5.32 Å². The highest BCUT2D eigenvalue weighted by atomic mass is 35.5. The van der Waals surface area contributed by atoms with Crippen LogP contribution in [0, 0.1) is 16.2 Å². The van der Waals surface area contributed by atoms with Gasteiger partial charge in [-0.25, -0.2) is 4.79 Å². The van der Waals surface area contributed by atoms with Crippen molar-refractivity contribution >= 4 is 34.9 Å². The molecule has 2 aromatic rings. The molecule has 32 heavy (non-hydrogen) atoms. The number of nitrogens with one attached hydrogen (secondary N) is 1. The van der Waals surface area contributed by atoms with E-state index in [0.29, 0.717) is 11.4 Å². The normalized spacial score (nSPS) is 26.8. The Kier molecular flexibility index (Phi) is 5.66. The number of fused-ring (bicyclic) bond motifs is 2. The number of benzene rings is 2. The molecule has 2 fully saturated rings. The summed E-state index contributed by atoms with van der Waals surface area (Å²) in [6.07, 6.45) is 3.00. The second-order valence-corrected chi connectivity index (χ2v) is 10.0. The summed E-state index contributed by atoms with van der Waals surface area (Å²) in [4.78, 5) is 31.4. The van der Waals surface area contributed by atoms with Crippen molar-refractivity contribution in [3.05, 3.63) is 64.7 Å². The summed E-state index contributed by atoms with van der Waals surface area (Å²) in [5.74, 6) is -0.597. The van der Waals surface area contributed by atoms with Crippen molar-refractivity contribution in [1.82, 2.24) is 0 Å². The van der Waals surface area contributed by atoms with E-state index < -0.39 is 11.4 Å². The Balaban J connectivity index is 1.58. The van der Waals surface area contributed by atoms with Crippen LogP contribution >= 0.6 is 11.6 Å². The van der Waals surface area contributed by atoms with Crippen molar-refractivity contribution in [2.45, 2.75) is 53.4 Å². The number of carbonyl (C=O) groups excluding carboxylic acids is 2. The zero-order chi connectivity index (χ0) is 23.1. The molecule has 5 nitrogen and oxygen atoms in total. The van der Waals surface area contributed by atoms with Crippen LogP contribution in [0.4, 0.5) is 5.69 Å². The van der Waals surface area contributed by atoms with Gasteiger partial charge < -0.3 is 10.2 Å². The average Bonchev–Trinajstić information content (AvgIpc) is 3.09. The summed E-state index contributed by atoms with van der Waals surface area (Å²) in [5, 5.41) is 7.72. The highest BCUT2D eigenvalue weighted by molar-refractivity contribution is 6.33. The SMILES string of the molecule is CCc1ccc(NC(=O)C23CCC(C)(C(=NOC(=O)c4ccccc4Cl)C2)C3(C)C)cc1. The van der Waals surface area contributed by atoms with E-state index >= 15 is 0 Å². The number of carbonyl (C=O) groups is 2. The van der Waals surface area contributed by atoms with E-state index in [9.17, 15) is 9.59 Å². The molecule has 2 aromatic carbocycles. The topological polar surface area (TPSA) is 67.8 Å². The minimum atomic E-state index is -0.610. The molecule has 4 rings (SSSR count). The van der Waals surface area contributed by atoms with Gasteiger partial charge in [-0.1, -0.05) is 68.7 Å². The first-order valence-corrected chi connectivity index (χ1v) is 11.5. The van der Waals surface area contributed by atoms with E-state index in [4.69, 9.17) is 16.4 Å². The summed E-state index contributed by atoms with van der Waals surface area (Å²) in [7, 11) is 0. The Bertz CT molecular complexity index is 1090. The number of hydrogen-bond donors (Lipinski definition) is 1. The third-order valence-electron chi connectivity index (χ3n) is 8.12. The first kappa shape index (κ1) is 22.5. The lowest BCUT2D eigenvalue weighted by Gasteiger charge is -2.39. The van der Waals surface area contributed by atoms with E-state index in [0.717, 1.165) is 30.7 Å². The second-order valence-electron chi connectivity index (χ2n) is 9.62. The second kappa shape index (κ2) is 8.04. The van der Waals surface area contributed by atoms with Gasteiger partial charge in [-0.2, -0.15) is 0 Å². The van der Waals surface area contributed by atoms with Gasteiger partial charge >= 0.3 is 5.97 Å². The van der Waals surface area contributed by atoms with E-state index in [1.807, 2.05) is 24.3 Å². The molecule has 168 valence electrons. The monoisotopic (exact) mass is 452 g/mol. The zero-order valence-corrected chi connectivity index (χ0v) is 19.8. The number of rotatable bonds is 5. The van der Waals surface area contributed by atoms with Crippen molar-refractivity contribution in [3.8, 4) is 0 Å². The van der Waals surface area contributed by atoms with E-state index in [1.54, 1.807) is 24.3 Å². The van der Waals surface area contributed by atoms with Crippen LogP contribution in [0.1, 0.15) is 62.9 Å². The average molecular weight is 453 g/mol. The molecule has 1 amide bonds. The minimum absolute atomic E-state index is 0.00176. The minimum Gasteiger partial charge on any atom is -0.326 e. The molecule has 0 saturated heterocycles. The van der Waals surface area contributed by atoms with Gasteiger partial charge in [-0.15, -0.1) is 0 Å². The Labute approximate surface area is 194 Å². The molecule has 2 unspecified atom stereocenters. The van der Waals surface area contributed by atoms with Crippen LogP contribution in [0.15, 0.2) is 53.7 Å². The third kappa shape index (κ3) is 3.34. The van der Waals surface area contributed by atoms with Crippen LogP contribution in [0.25, 0.3) is 0 Å². The molecule has 0 aliphatic heterocycles. The van der Waals surface area contributed by atoms with Gasteiger partial charge in [0, 0.05) is 17.5 Å². The lowest BCUT2D eigenvalue weighted by atomic mass is 9.64.